The number of aliphatic hydroxyl groups excluding tert-OH is 1. The van der Waals surface area contributed by atoms with Gasteiger partial charge in [0, 0.05) is 6.42 Å². The Morgan fingerprint density at radius 3 is 1.81 bits per heavy atom. The lowest BCUT2D eigenvalue weighted by Crippen LogP contribution is -2.53. The van der Waals surface area contributed by atoms with Gasteiger partial charge in [-0.2, -0.15) is 0 Å². The number of likely N-dealkylation sites (N-methyl/N-ethyl adjacent to an activating group) is 1. The average molecular weight is 436 g/mol. The summed E-state index contributed by atoms with van der Waals surface area (Å²) in [6.07, 6.45) is 32.0. The van der Waals surface area contributed by atoms with Crippen molar-refractivity contribution in [2.24, 2.45) is 4.99 Å². The molecule has 1 aliphatic heterocycles. The molecule has 0 bridgehead atoms. The molecule has 1 rings (SSSR count). The third kappa shape index (κ3) is 13.5. The van der Waals surface area contributed by atoms with Crippen molar-refractivity contribution in [2.45, 2.75) is 136 Å². The molecule has 3 nitrogen and oxygen atoms in total. The molecule has 0 aromatic heterocycles. The zero-order chi connectivity index (χ0) is 22.5. The van der Waals surface area contributed by atoms with Crippen molar-refractivity contribution in [3.05, 3.63) is 12.2 Å². The smallest absolute Gasteiger partial charge is 0.182 e. The van der Waals surface area contributed by atoms with Crippen molar-refractivity contribution in [1.82, 2.24) is 0 Å². The maximum atomic E-state index is 9.40. The Morgan fingerprint density at radius 1 is 0.774 bits per heavy atom. The Kier molecular flexibility index (Phi) is 18.3. The lowest BCUT2D eigenvalue weighted by Gasteiger charge is -2.37. The first-order valence-corrected chi connectivity index (χ1v) is 13.9. The van der Waals surface area contributed by atoms with Crippen molar-refractivity contribution < 1.29 is 9.59 Å². The molecule has 1 heterocycles. The summed E-state index contributed by atoms with van der Waals surface area (Å²) in [5.74, 6) is 0. The number of hydrogen-bond acceptors (Lipinski definition) is 2. The second kappa shape index (κ2) is 20.0. The molecule has 0 amide bonds. The quantitative estimate of drug-likeness (QED) is 0.105. The Bertz CT molecular complexity index is 448. The van der Waals surface area contributed by atoms with Crippen LogP contribution in [0.2, 0.25) is 0 Å². The summed E-state index contributed by atoms with van der Waals surface area (Å²) >= 11 is 0. The van der Waals surface area contributed by atoms with Crippen LogP contribution in [0.1, 0.15) is 129 Å². The maximum Gasteiger partial charge on any atom is 0.182 e. The second-order valence-electron chi connectivity index (χ2n) is 9.76. The number of allylic oxidation sites excluding steroid dienone is 2. The molecular weight excluding hydrogens is 380 g/mol. The minimum atomic E-state index is 0.279. The van der Waals surface area contributed by atoms with E-state index in [2.05, 4.69) is 32.2 Å². The molecule has 0 saturated carbocycles. The lowest BCUT2D eigenvalue weighted by molar-refractivity contribution is -0.936. The number of hydrogen-bond donors (Lipinski definition) is 1. The van der Waals surface area contributed by atoms with Gasteiger partial charge in [-0.3, -0.25) is 4.48 Å². The molecule has 0 radical (unpaired) electrons. The number of aliphatic imine (C=N–C) groups is 1. The van der Waals surface area contributed by atoms with Crippen LogP contribution in [-0.4, -0.2) is 48.2 Å². The SMILES string of the molecule is CCCCCCCCCCC/C=C/CCCCCCCCC1N=CC[N+]1(CC)CCO. The number of quaternary nitrogens is 1. The fourth-order valence-electron chi connectivity index (χ4n) is 4.99. The fourth-order valence-corrected chi connectivity index (χ4v) is 4.99. The van der Waals surface area contributed by atoms with Crippen molar-refractivity contribution in [1.29, 1.82) is 0 Å². The Hall–Kier alpha value is -0.670. The van der Waals surface area contributed by atoms with Crippen LogP contribution in [0.15, 0.2) is 17.1 Å². The van der Waals surface area contributed by atoms with Gasteiger partial charge in [-0.1, -0.05) is 96.1 Å². The van der Waals surface area contributed by atoms with Gasteiger partial charge in [-0.25, -0.2) is 4.99 Å². The molecule has 31 heavy (non-hydrogen) atoms. The molecule has 2 unspecified atom stereocenters. The highest BCUT2D eigenvalue weighted by atomic mass is 16.3. The van der Waals surface area contributed by atoms with Gasteiger partial charge in [-0.05, 0) is 39.0 Å². The first-order chi connectivity index (χ1) is 15.3. The van der Waals surface area contributed by atoms with E-state index in [1.54, 1.807) is 0 Å². The number of unbranched alkanes of at least 4 members (excludes halogenated alkanes) is 15. The lowest BCUT2D eigenvalue weighted by atomic mass is 10.1. The van der Waals surface area contributed by atoms with Gasteiger partial charge in [0.25, 0.3) is 0 Å². The maximum absolute atomic E-state index is 9.40. The Balaban J connectivity index is 1.85. The van der Waals surface area contributed by atoms with E-state index in [4.69, 9.17) is 4.99 Å². The molecule has 0 aromatic rings. The predicted molar refractivity (Wildman–Crippen MR) is 138 cm³/mol. The largest absolute Gasteiger partial charge is 0.391 e. The minimum Gasteiger partial charge on any atom is -0.391 e. The van der Waals surface area contributed by atoms with Crippen LogP contribution in [0.25, 0.3) is 0 Å². The zero-order valence-corrected chi connectivity index (χ0v) is 21.2. The van der Waals surface area contributed by atoms with E-state index >= 15 is 0 Å². The first-order valence-electron chi connectivity index (χ1n) is 13.9. The van der Waals surface area contributed by atoms with Gasteiger partial charge < -0.3 is 5.11 Å². The summed E-state index contributed by atoms with van der Waals surface area (Å²) in [5.41, 5.74) is 0. The van der Waals surface area contributed by atoms with Crippen LogP contribution in [0.4, 0.5) is 0 Å². The van der Waals surface area contributed by atoms with E-state index in [1.165, 1.54) is 116 Å². The van der Waals surface area contributed by atoms with Gasteiger partial charge in [0.2, 0.25) is 0 Å². The third-order valence-electron chi connectivity index (χ3n) is 7.25. The van der Waals surface area contributed by atoms with E-state index < -0.39 is 0 Å². The van der Waals surface area contributed by atoms with Crippen LogP contribution < -0.4 is 0 Å². The minimum absolute atomic E-state index is 0.279. The van der Waals surface area contributed by atoms with Gasteiger partial charge in [0.15, 0.2) is 6.17 Å². The highest BCUT2D eigenvalue weighted by molar-refractivity contribution is 5.60. The van der Waals surface area contributed by atoms with Crippen molar-refractivity contribution >= 4 is 6.21 Å². The number of aliphatic hydroxyl groups is 1. The molecule has 0 aliphatic carbocycles. The highest BCUT2D eigenvalue weighted by Crippen LogP contribution is 2.24. The Labute approximate surface area is 195 Å². The van der Waals surface area contributed by atoms with Crippen molar-refractivity contribution in [2.75, 3.05) is 26.2 Å². The molecule has 0 aromatic carbocycles. The molecular formula is C28H55N2O+. The molecule has 1 N–H and O–H groups in total. The normalized spacial score (nSPS) is 20.9. The molecule has 0 fully saturated rings. The monoisotopic (exact) mass is 435 g/mol. The van der Waals surface area contributed by atoms with Crippen LogP contribution >= 0.6 is 0 Å². The van der Waals surface area contributed by atoms with Gasteiger partial charge >= 0.3 is 0 Å². The highest BCUT2D eigenvalue weighted by Gasteiger charge is 2.36. The summed E-state index contributed by atoms with van der Waals surface area (Å²) in [5, 5.41) is 9.40. The summed E-state index contributed by atoms with van der Waals surface area (Å²) in [6.45, 7) is 7.75. The van der Waals surface area contributed by atoms with E-state index in [0.29, 0.717) is 6.17 Å². The van der Waals surface area contributed by atoms with E-state index in [-0.39, 0.29) is 6.61 Å². The molecule has 3 heteroatoms. The van der Waals surface area contributed by atoms with Crippen molar-refractivity contribution in [3.63, 3.8) is 0 Å². The summed E-state index contributed by atoms with van der Waals surface area (Å²) in [4.78, 5) is 4.72. The van der Waals surface area contributed by atoms with Crippen LogP contribution in [0, 0.1) is 0 Å². The predicted octanol–water partition coefficient (Wildman–Crippen LogP) is 7.82. The Morgan fingerprint density at radius 2 is 1.29 bits per heavy atom. The topological polar surface area (TPSA) is 32.6 Å². The summed E-state index contributed by atoms with van der Waals surface area (Å²) in [7, 11) is 0. The average Bonchev–Trinajstić information content (AvgIpc) is 3.18. The molecule has 1 aliphatic rings. The van der Waals surface area contributed by atoms with E-state index in [0.717, 1.165) is 24.1 Å². The summed E-state index contributed by atoms with van der Waals surface area (Å²) in [6, 6.07) is 0. The zero-order valence-electron chi connectivity index (χ0n) is 21.2. The van der Waals surface area contributed by atoms with Crippen LogP contribution in [0.5, 0.6) is 0 Å². The van der Waals surface area contributed by atoms with E-state index in [1.807, 2.05) is 0 Å². The number of rotatable bonds is 22. The van der Waals surface area contributed by atoms with E-state index in [9.17, 15) is 5.11 Å². The van der Waals surface area contributed by atoms with Gasteiger partial charge in [-0.15, -0.1) is 0 Å². The third-order valence-corrected chi connectivity index (χ3v) is 7.25. The first kappa shape index (κ1) is 28.4. The van der Waals surface area contributed by atoms with Gasteiger partial charge in [0.05, 0.1) is 19.4 Å². The number of nitrogens with zero attached hydrogens (tertiary/aromatic N) is 2. The summed E-state index contributed by atoms with van der Waals surface area (Å²) < 4.78 is 0.974. The second-order valence-corrected chi connectivity index (χ2v) is 9.76. The van der Waals surface area contributed by atoms with Crippen molar-refractivity contribution in [3.8, 4) is 0 Å². The molecule has 0 spiro atoms. The molecule has 2 atom stereocenters. The fraction of sp³-hybridized carbons (Fsp3) is 0.893. The standard InChI is InChI=1S/C28H55N2O/c1-3-5-6-7-8-9-10-11-12-13-14-15-16-17-18-19-20-21-22-23-28-29-24-25-30(28,4-2)26-27-31/h14-15,24,28,31H,3-13,16-23,25-27H2,1-2H3/q+1/b15-14+. The van der Waals surface area contributed by atoms with Crippen LogP contribution in [-0.2, 0) is 0 Å². The van der Waals surface area contributed by atoms with Gasteiger partial charge in [0.1, 0.15) is 13.1 Å². The molecule has 182 valence electrons. The van der Waals surface area contributed by atoms with Crippen LogP contribution in [0.3, 0.4) is 0 Å². The molecule has 0 saturated heterocycles.